The highest BCUT2D eigenvalue weighted by molar-refractivity contribution is 9.10. The largest absolute Gasteiger partial charge is 0.496 e. The van der Waals surface area contributed by atoms with Crippen molar-refractivity contribution in [3.05, 3.63) is 92.4 Å². The summed E-state index contributed by atoms with van der Waals surface area (Å²) in [5.41, 5.74) is 1.90. The summed E-state index contributed by atoms with van der Waals surface area (Å²) >= 11 is 9.67. The van der Waals surface area contributed by atoms with E-state index in [2.05, 4.69) is 26.6 Å². The summed E-state index contributed by atoms with van der Waals surface area (Å²) in [5, 5.41) is 5.70. The zero-order valence-corrected chi connectivity index (χ0v) is 23.3. The highest BCUT2D eigenvalue weighted by atomic mass is 79.9. The van der Waals surface area contributed by atoms with Gasteiger partial charge in [0.25, 0.3) is 5.91 Å². The molecule has 0 saturated heterocycles. The van der Waals surface area contributed by atoms with Crippen molar-refractivity contribution < 1.29 is 23.9 Å². The maximum absolute atomic E-state index is 13.0. The number of ketones is 1. The Morgan fingerprint density at radius 3 is 2.24 bits per heavy atom. The predicted octanol–water partition coefficient (Wildman–Crippen LogP) is 6.81. The Morgan fingerprint density at radius 2 is 1.59 bits per heavy atom. The first-order valence-corrected chi connectivity index (χ1v) is 12.6. The number of ether oxygens (including phenoxy) is 2. The molecular formula is C28H28BrClN2O5. The third-order valence-corrected chi connectivity index (χ3v) is 6.01. The van der Waals surface area contributed by atoms with Gasteiger partial charge in [-0.15, -0.1) is 0 Å². The first-order valence-electron chi connectivity index (χ1n) is 11.5. The molecule has 3 rings (SSSR count). The number of halogens is 2. The second kappa shape index (κ2) is 12.3. The van der Waals surface area contributed by atoms with Gasteiger partial charge in [0.2, 0.25) is 0 Å². The first-order chi connectivity index (χ1) is 17.4. The van der Waals surface area contributed by atoms with Crippen LogP contribution in [0.1, 0.15) is 52.6 Å². The number of nitrogens with one attached hydrogen (secondary N) is 2. The van der Waals surface area contributed by atoms with Crippen molar-refractivity contribution in [3.63, 3.8) is 0 Å². The zero-order valence-electron chi connectivity index (χ0n) is 21.0. The molecule has 2 amide bonds. The van der Waals surface area contributed by atoms with Crippen LogP contribution in [0.3, 0.4) is 0 Å². The summed E-state index contributed by atoms with van der Waals surface area (Å²) in [7, 11) is 1.49. The minimum absolute atomic E-state index is 0.150. The smallest absolute Gasteiger partial charge is 0.407 e. The fraction of sp³-hybridized carbons (Fsp3) is 0.250. The van der Waals surface area contributed by atoms with Crippen LogP contribution in [0.5, 0.6) is 5.75 Å². The number of hydrogen-bond acceptors (Lipinski definition) is 5. The van der Waals surface area contributed by atoms with Crippen LogP contribution in [0.4, 0.5) is 10.5 Å². The van der Waals surface area contributed by atoms with Gasteiger partial charge in [-0.05, 0) is 74.4 Å². The Hall–Kier alpha value is -3.36. The number of methoxy groups -OCH3 is 1. The van der Waals surface area contributed by atoms with E-state index < -0.39 is 17.6 Å². The number of carbonyl (C=O) groups excluding carboxylic acids is 3. The molecule has 0 aromatic heterocycles. The molecule has 0 atom stereocenters. The Morgan fingerprint density at radius 1 is 0.919 bits per heavy atom. The number of hydrogen-bond donors (Lipinski definition) is 2. The summed E-state index contributed by atoms with van der Waals surface area (Å²) in [6.45, 7) is 5.48. The minimum atomic E-state index is -0.619. The second-order valence-electron chi connectivity index (χ2n) is 9.27. The second-order valence-corrected chi connectivity index (χ2v) is 10.6. The van der Waals surface area contributed by atoms with Crippen molar-refractivity contribution in [1.29, 1.82) is 0 Å². The summed E-state index contributed by atoms with van der Waals surface area (Å²) in [5.74, 6) is -0.197. The first kappa shape index (κ1) is 28.2. The van der Waals surface area contributed by atoms with Crippen LogP contribution < -0.4 is 15.4 Å². The van der Waals surface area contributed by atoms with Crippen LogP contribution in [0.2, 0.25) is 5.02 Å². The molecule has 0 aliphatic carbocycles. The number of benzene rings is 3. The van der Waals surface area contributed by atoms with Gasteiger partial charge in [-0.1, -0.05) is 45.7 Å². The van der Waals surface area contributed by atoms with Crippen molar-refractivity contribution in [3.8, 4) is 5.75 Å². The molecule has 3 aromatic carbocycles. The molecule has 37 heavy (non-hydrogen) atoms. The summed E-state index contributed by atoms with van der Waals surface area (Å²) in [6, 6.07) is 17.2. The van der Waals surface area contributed by atoms with Crippen LogP contribution in [0.15, 0.2) is 65.1 Å². The topological polar surface area (TPSA) is 93.7 Å². The van der Waals surface area contributed by atoms with Gasteiger partial charge < -0.3 is 20.1 Å². The van der Waals surface area contributed by atoms with Crippen LogP contribution >= 0.6 is 27.5 Å². The lowest BCUT2D eigenvalue weighted by Gasteiger charge is -2.19. The van der Waals surface area contributed by atoms with Crippen LogP contribution in [-0.2, 0) is 17.7 Å². The molecule has 0 spiro atoms. The highest BCUT2D eigenvalue weighted by Gasteiger charge is 2.18. The molecule has 0 heterocycles. The van der Waals surface area contributed by atoms with Gasteiger partial charge in [0.05, 0.1) is 23.3 Å². The van der Waals surface area contributed by atoms with Crippen molar-refractivity contribution in [2.75, 3.05) is 12.4 Å². The lowest BCUT2D eigenvalue weighted by Crippen LogP contribution is -2.32. The Kier molecular flexibility index (Phi) is 9.34. The molecule has 0 bridgehead atoms. The molecule has 0 saturated carbocycles. The van der Waals surface area contributed by atoms with E-state index in [-0.39, 0.29) is 29.3 Å². The zero-order chi connectivity index (χ0) is 27.2. The molecule has 0 unspecified atom stereocenters. The molecule has 0 radical (unpaired) electrons. The SMILES string of the molecule is COc1ccc(NC(=O)c2cc(CNC(=O)OC(C)(C)C)ccc2Cl)cc1C(=O)Cc1ccc(Br)cc1. The molecule has 2 N–H and O–H groups in total. The molecule has 0 fully saturated rings. The minimum Gasteiger partial charge on any atom is -0.496 e. The van der Waals surface area contributed by atoms with Gasteiger partial charge >= 0.3 is 6.09 Å². The van der Waals surface area contributed by atoms with E-state index in [9.17, 15) is 14.4 Å². The van der Waals surface area contributed by atoms with E-state index in [4.69, 9.17) is 21.1 Å². The lowest BCUT2D eigenvalue weighted by atomic mass is 10.0. The quantitative estimate of drug-likeness (QED) is 0.282. The third kappa shape index (κ3) is 8.33. The fourth-order valence-electron chi connectivity index (χ4n) is 3.43. The van der Waals surface area contributed by atoms with E-state index in [0.29, 0.717) is 22.6 Å². The Bertz CT molecular complexity index is 1300. The Labute approximate surface area is 229 Å². The summed E-state index contributed by atoms with van der Waals surface area (Å²) in [4.78, 5) is 38.0. The van der Waals surface area contributed by atoms with Gasteiger partial charge in [0.1, 0.15) is 11.4 Å². The lowest BCUT2D eigenvalue weighted by molar-refractivity contribution is 0.0523. The maximum atomic E-state index is 13.0. The standard InChI is InChI=1S/C28H28BrClN2O5/c1-28(2,3)37-27(35)31-16-18-7-11-23(30)21(13-18)26(34)32-20-10-12-25(36-4)22(15-20)24(33)14-17-5-8-19(29)9-6-17/h5-13,15H,14,16H2,1-4H3,(H,31,35)(H,32,34). The number of rotatable bonds is 8. The number of anilines is 1. The third-order valence-electron chi connectivity index (χ3n) is 5.15. The highest BCUT2D eigenvalue weighted by Crippen LogP contribution is 2.26. The Balaban J connectivity index is 1.74. The van der Waals surface area contributed by atoms with Gasteiger partial charge in [0.15, 0.2) is 5.78 Å². The van der Waals surface area contributed by atoms with Crippen molar-refractivity contribution in [2.24, 2.45) is 0 Å². The van der Waals surface area contributed by atoms with Crippen molar-refractivity contribution in [1.82, 2.24) is 5.32 Å². The summed E-state index contributed by atoms with van der Waals surface area (Å²) in [6.07, 6.45) is -0.383. The molecule has 0 aliphatic rings. The van der Waals surface area contributed by atoms with E-state index >= 15 is 0 Å². The van der Waals surface area contributed by atoms with Crippen LogP contribution in [0.25, 0.3) is 0 Å². The average molecular weight is 588 g/mol. The van der Waals surface area contributed by atoms with Gasteiger partial charge in [0, 0.05) is 23.1 Å². The number of alkyl carbamates (subject to hydrolysis) is 1. The van der Waals surface area contributed by atoms with Crippen molar-refractivity contribution in [2.45, 2.75) is 39.3 Å². The monoisotopic (exact) mass is 586 g/mol. The van der Waals surface area contributed by atoms with Crippen molar-refractivity contribution >= 4 is 51.0 Å². The number of Topliss-reactive ketones (excluding diaryl/α,β-unsaturated/α-hetero) is 1. The normalized spacial score (nSPS) is 11.0. The van der Waals surface area contributed by atoms with E-state index in [1.807, 2.05) is 24.3 Å². The predicted molar refractivity (Wildman–Crippen MR) is 148 cm³/mol. The molecule has 194 valence electrons. The molecular weight excluding hydrogens is 560 g/mol. The number of amides is 2. The van der Waals surface area contributed by atoms with E-state index in [1.165, 1.54) is 7.11 Å². The van der Waals surface area contributed by atoms with Crippen LogP contribution in [-0.4, -0.2) is 30.5 Å². The van der Waals surface area contributed by atoms with Gasteiger partial charge in [-0.25, -0.2) is 4.79 Å². The molecule has 0 aliphatic heterocycles. The van der Waals surface area contributed by atoms with Gasteiger partial charge in [-0.2, -0.15) is 0 Å². The average Bonchev–Trinajstić information content (AvgIpc) is 2.83. The van der Waals surface area contributed by atoms with Crippen LogP contribution in [0, 0.1) is 0 Å². The fourth-order valence-corrected chi connectivity index (χ4v) is 3.90. The molecule has 3 aromatic rings. The summed E-state index contributed by atoms with van der Waals surface area (Å²) < 4.78 is 11.5. The van der Waals surface area contributed by atoms with Gasteiger partial charge in [-0.3, -0.25) is 9.59 Å². The molecule has 7 nitrogen and oxygen atoms in total. The van der Waals surface area contributed by atoms with E-state index in [0.717, 1.165) is 10.0 Å². The molecule has 9 heteroatoms. The number of carbonyl (C=O) groups is 3. The maximum Gasteiger partial charge on any atom is 0.407 e. The van der Waals surface area contributed by atoms with E-state index in [1.54, 1.807) is 57.2 Å².